The Bertz CT molecular complexity index is 373. The van der Waals surface area contributed by atoms with E-state index < -0.39 is 0 Å². The van der Waals surface area contributed by atoms with Crippen LogP contribution in [0.3, 0.4) is 0 Å². The normalized spacial score (nSPS) is 16.6. The molecule has 0 spiro atoms. The highest BCUT2D eigenvalue weighted by molar-refractivity contribution is 5.29. The Labute approximate surface area is 116 Å². The van der Waals surface area contributed by atoms with Gasteiger partial charge in [0, 0.05) is 19.1 Å². The van der Waals surface area contributed by atoms with Crippen LogP contribution in [-0.4, -0.2) is 38.7 Å². The van der Waals surface area contributed by atoms with E-state index in [2.05, 4.69) is 29.3 Å². The lowest BCUT2D eigenvalue weighted by Gasteiger charge is -2.26. The maximum atomic E-state index is 5.21. The number of rotatable bonds is 8. The van der Waals surface area contributed by atoms with Gasteiger partial charge in [0.15, 0.2) is 0 Å². The van der Waals surface area contributed by atoms with Gasteiger partial charge >= 0.3 is 0 Å². The predicted octanol–water partition coefficient (Wildman–Crippen LogP) is 2.69. The minimum absolute atomic E-state index is 0.393. The summed E-state index contributed by atoms with van der Waals surface area (Å²) < 4.78 is 5.21. The summed E-state index contributed by atoms with van der Waals surface area (Å²) in [5, 5.41) is 3.43. The second-order valence-electron chi connectivity index (χ2n) is 5.41. The second kappa shape index (κ2) is 6.92. The number of likely N-dealkylation sites (N-methyl/N-ethyl adjacent to an activating group) is 2. The van der Waals surface area contributed by atoms with E-state index in [9.17, 15) is 0 Å². The first-order valence-electron chi connectivity index (χ1n) is 7.30. The Kier molecular flexibility index (Phi) is 5.23. The SMILES string of the molecule is CCN(CC1CC1)CC(NC)c1ccc(OC)cc1. The monoisotopic (exact) mass is 262 g/mol. The first-order valence-corrected chi connectivity index (χ1v) is 7.30. The summed E-state index contributed by atoms with van der Waals surface area (Å²) in [5.41, 5.74) is 1.33. The van der Waals surface area contributed by atoms with Crippen molar-refractivity contribution in [1.82, 2.24) is 10.2 Å². The summed E-state index contributed by atoms with van der Waals surface area (Å²) in [7, 11) is 3.75. The minimum Gasteiger partial charge on any atom is -0.497 e. The Morgan fingerprint density at radius 1 is 1.32 bits per heavy atom. The third kappa shape index (κ3) is 4.22. The van der Waals surface area contributed by atoms with Crippen molar-refractivity contribution in [3.63, 3.8) is 0 Å². The summed E-state index contributed by atoms with van der Waals surface area (Å²) in [6.07, 6.45) is 2.84. The van der Waals surface area contributed by atoms with E-state index in [1.807, 2.05) is 19.2 Å². The Morgan fingerprint density at radius 3 is 2.47 bits per heavy atom. The fourth-order valence-corrected chi connectivity index (χ4v) is 2.46. The van der Waals surface area contributed by atoms with Crippen LogP contribution in [0.2, 0.25) is 0 Å². The summed E-state index contributed by atoms with van der Waals surface area (Å²) in [6.45, 7) is 5.72. The summed E-state index contributed by atoms with van der Waals surface area (Å²) in [4.78, 5) is 2.56. The van der Waals surface area contributed by atoms with Crippen molar-refractivity contribution < 1.29 is 4.74 Å². The summed E-state index contributed by atoms with van der Waals surface area (Å²) in [5.74, 6) is 1.87. The lowest BCUT2D eigenvalue weighted by Crippen LogP contribution is -2.35. The molecule has 1 saturated carbocycles. The smallest absolute Gasteiger partial charge is 0.118 e. The van der Waals surface area contributed by atoms with Gasteiger partial charge in [-0.25, -0.2) is 0 Å². The van der Waals surface area contributed by atoms with E-state index in [4.69, 9.17) is 4.74 Å². The van der Waals surface area contributed by atoms with E-state index in [0.717, 1.165) is 24.8 Å². The Morgan fingerprint density at radius 2 is 2.00 bits per heavy atom. The third-order valence-corrected chi connectivity index (χ3v) is 3.97. The zero-order valence-corrected chi connectivity index (χ0v) is 12.4. The molecule has 1 N–H and O–H groups in total. The van der Waals surface area contributed by atoms with Crippen LogP contribution in [0, 0.1) is 5.92 Å². The Hall–Kier alpha value is -1.06. The molecule has 1 unspecified atom stereocenters. The average Bonchev–Trinajstić information content (AvgIpc) is 3.27. The summed E-state index contributed by atoms with van der Waals surface area (Å²) >= 11 is 0. The fourth-order valence-electron chi connectivity index (χ4n) is 2.46. The standard InChI is InChI=1S/C16H26N2O/c1-4-18(11-13-5-6-13)12-16(17-2)14-7-9-15(19-3)10-8-14/h7-10,13,16-17H,4-6,11-12H2,1-3H3. The molecule has 106 valence electrons. The molecule has 1 aromatic carbocycles. The number of nitrogens with zero attached hydrogens (tertiary/aromatic N) is 1. The third-order valence-electron chi connectivity index (χ3n) is 3.97. The van der Waals surface area contributed by atoms with Gasteiger partial charge in [-0.15, -0.1) is 0 Å². The molecule has 2 rings (SSSR count). The molecule has 3 heteroatoms. The molecule has 19 heavy (non-hydrogen) atoms. The van der Waals surface area contributed by atoms with Crippen molar-refractivity contribution >= 4 is 0 Å². The number of ether oxygens (including phenoxy) is 1. The average molecular weight is 262 g/mol. The molecule has 0 amide bonds. The fraction of sp³-hybridized carbons (Fsp3) is 0.625. The van der Waals surface area contributed by atoms with Crippen molar-refractivity contribution in [2.24, 2.45) is 5.92 Å². The van der Waals surface area contributed by atoms with Gasteiger partial charge in [-0.05, 0) is 50.0 Å². The van der Waals surface area contributed by atoms with Gasteiger partial charge in [0.2, 0.25) is 0 Å². The molecule has 1 aromatic rings. The highest BCUT2D eigenvalue weighted by Gasteiger charge is 2.24. The Balaban J connectivity index is 1.96. The van der Waals surface area contributed by atoms with Crippen molar-refractivity contribution in [1.29, 1.82) is 0 Å². The molecule has 1 fully saturated rings. The van der Waals surface area contributed by atoms with E-state index in [0.29, 0.717) is 6.04 Å². The molecule has 0 aliphatic heterocycles. The lowest BCUT2D eigenvalue weighted by molar-refractivity contribution is 0.248. The highest BCUT2D eigenvalue weighted by Crippen LogP contribution is 2.30. The van der Waals surface area contributed by atoms with Crippen LogP contribution in [-0.2, 0) is 0 Å². The van der Waals surface area contributed by atoms with Crippen LogP contribution in [0.25, 0.3) is 0 Å². The number of methoxy groups -OCH3 is 1. The zero-order chi connectivity index (χ0) is 13.7. The molecule has 0 radical (unpaired) electrons. The van der Waals surface area contributed by atoms with Crippen LogP contribution in [0.1, 0.15) is 31.4 Å². The topological polar surface area (TPSA) is 24.5 Å². The number of nitrogens with one attached hydrogen (secondary N) is 1. The number of benzene rings is 1. The molecule has 1 atom stereocenters. The van der Waals surface area contributed by atoms with E-state index in [-0.39, 0.29) is 0 Å². The van der Waals surface area contributed by atoms with Crippen LogP contribution >= 0.6 is 0 Å². The van der Waals surface area contributed by atoms with E-state index in [1.165, 1.54) is 24.9 Å². The summed E-state index contributed by atoms with van der Waals surface area (Å²) in [6, 6.07) is 8.79. The van der Waals surface area contributed by atoms with Crippen molar-refractivity contribution in [2.75, 3.05) is 33.8 Å². The van der Waals surface area contributed by atoms with Crippen LogP contribution in [0.4, 0.5) is 0 Å². The predicted molar refractivity (Wildman–Crippen MR) is 79.6 cm³/mol. The lowest BCUT2D eigenvalue weighted by atomic mass is 10.1. The van der Waals surface area contributed by atoms with E-state index >= 15 is 0 Å². The van der Waals surface area contributed by atoms with Gasteiger partial charge < -0.3 is 15.0 Å². The molecule has 3 nitrogen and oxygen atoms in total. The minimum atomic E-state index is 0.393. The zero-order valence-electron chi connectivity index (χ0n) is 12.4. The molecular formula is C16H26N2O. The van der Waals surface area contributed by atoms with E-state index in [1.54, 1.807) is 7.11 Å². The van der Waals surface area contributed by atoms with Crippen LogP contribution in [0.15, 0.2) is 24.3 Å². The first kappa shape index (κ1) is 14.4. The molecule has 0 bridgehead atoms. The van der Waals surface area contributed by atoms with Crippen molar-refractivity contribution in [3.05, 3.63) is 29.8 Å². The van der Waals surface area contributed by atoms with Gasteiger partial charge in [0.05, 0.1) is 7.11 Å². The van der Waals surface area contributed by atoms with Crippen LogP contribution in [0.5, 0.6) is 5.75 Å². The van der Waals surface area contributed by atoms with Gasteiger partial charge in [0.1, 0.15) is 5.75 Å². The molecular weight excluding hydrogens is 236 g/mol. The van der Waals surface area contributed by atoms with Gasteiger partial charge in [-0.2, -0.15) is 0 Å². The highest BCUT2D eigenvalue weighted by atomic mass is 16.5. The second-order valence-corrected chi connectivity index (χ2v) is 5.41. The molecule has 1 aliphatic carbocycles. The molecule has 0 saturated heterocycles. The maximum absolute atomic E-state index is 5.21. The molecule has 0 aromatic heterocycles. The number of hydrogen-bond acceptors (Lipinski definition) is 3. The molecule has 0 heterocycles. The van der Waals surface area contributed by atoms with Gasteiger partial charge in [-0.3, -0.25) is 0 Å². The quantitative estimate of drug-likeness (QED) is 0.779. The van der Waals surface area contributed by atoms with Gasteiger partial charge in [0.25, 0.3) is 0 Å². The molecule has 1 aliphatic rings. The first-order chi connectivity index (χ1) is 9.26. The van der Waals surface area contributed by atoms with Gasteiger partial charge in [-0.1, -0.05) is 19.1 Å². The largest absolute Gasteiger partial charge is 0.497 e. The maximum Gasteiger partial charge on any atom is 0.118 e. The van der Waals surface area contributed by atoms with Crippen molar-refractivity contribution in [3.8, 4) is 5.75 Å². The van der Waals surface area contributed by atoms with Crippen molar-refractivity contribution in [2.45, 2.75) is 25.8 Å². The number of hydrogen-bond donors (Lipinski definition) is 1. The van der Waals surface area contributed by atoms with Crippen LogP contribution < -0.4 is 10.1 Å².